The number of aromatic nitrogens is 1. The number of allylic oxidation sites excluding steroid dienone is 1. The predicted molar refractivity (Wildman–Crippen MR) is 146 cm³/mol. The third-order valence-electron chi connectivity index (χ3n) is 6.77. The number of para-hydroxylation sites is 1. The molecular weight excluding hydrogens is 536 g/mol. The minimum Gasteiger partial charge on any atom is -0.493 e. The lowest BCUT2D eigenvalue weighted by Crippen LogP contribution is -2.39. The fourth-order valence-electron chi connectivity index (χ4n) is 5.14. The molecule has 7 heteroatoms. The smallest absolute Gasteiger partial charge is 0.271 e. The second-order valence-electron chi connectivity index (χ2n) is 8.75. The van der Waals surface area contributed by atoms with Gasteiger partial charge in [-0.15, -0.1) is 0 Å². The summed E-state index contributed by atoms with van der Waals surface area (Å²) in [4.78, 5) is 19.7. The summed E-state index contributed by atoms with van der Waals surface area (Å²) in [6.07, 6.45) is 3.65. The monoisotopic (exact) mass is 558 g/mol. The van der Waals surface area contributed by atoms with Crippen molar-refractivity contribution in [1.82, 2.24) is 4.57 Å². The maximum atomic E-state index is 13.9. The number of thiazole rings is 1. The third kappa shape index (κ3) is 3.74. The molecule has 3 aromatic carbocycles. The molecule has 5 nitrogen and oxygen atoms in total. The molecule has 0 amide bonds. The van der Waals surface area contributed by atoms with Gasteiger partial charge < -0.3 is 9.47 Å². The number of halogens is 1. The molecule has 0 spiro atoms. The average molecular weight is 559 g/mol. The van der Waals surface area contributed by atoms with Crippen molar-refractivity contribution in [1.29, 1.82) is 0 Å². The van der Waals surface area contributed by atoms with E-state index in [-0.39, 0.29) is 11.6 Å². The van der Waals surface area contributed by atoms with Crippen LogP contribution in [0, 0.1) is 0 Å². The molecule has 0 saturated heterocycles. The van der Waals surface area contributed by atoms with Crippen LogP contribution in [-0.4, -0.2) is 18.8 Å². The van der Waals surface area contributed by atoms with Gasteiger partial charge in [0.05, 0.1) is 30.5 Å². The predicted octanol–water partition coefficient (Wildman–Crippen LogP) is 5.10. The van der Waals surface area contributed by atoms with Crippen LogP contribution in [0.2, 0.25) is 0 Å². The molecule has 180 valence electrons. The third-order valence-corrected chi connectivity index (χ3v) is 8.28. The van der Waals surface area contributed by atoms with Crippen LogP contribution in [0.15, 0.2) is 86.6 Å². The van der Waals surface area contributed by atoms with Crippen molar-refractivity contribution in [3.8, 4) is 11.5 Å². The zero-order valence-corrected chi connectivity index (χ0v) is 22.2. The van der Waals surface area contributed by atoms with Gasteiger partial charge in [0.15, 0.2) is 16.3 Å². The molecule has 0 bridgehead atoms. The van der Waals surface area contributed by atoms with Crippen LogP contribution in [0.25, 0.3) is 11.8 Å². The normalized spacial score (nSPS) is 16.6. The SMILES string of the molecule is COc1cccc(C2C3=C(N=c4sc(=Cc5ccc(Br)cc5)c(=O)n42)c2ccccc2CC3)c1OC. The van der Waals surface area contributed by atoms with Crippen LogP contribution in [-0.2, 0) is 6.42 Å². The number of methoxy groups -OCH3 is 2. The summed E-state index contributed by atoms with van der Waals surface area (Å²) < 4.78 is 14.9. The second kappa shape index (κ2) is 9.22. The minimum atomic E-state index is -0.332. The first-order chi connectivity index (χ1) is 17.6. The Bertz CT molecular complexity index is 1700. The summed E-state index contributed by atoms with van der Waals surface area (Å²) in [5, 5.41) is 0. The van der Waals surface area contributed by atoms with Crippen LogP contribution in [0.5, 0.6) is 11.5 Å². The Morgan fingerprint density at radius 2 is 1.81 bits per heavy atom. The first-order valence-electron chi connectivity index (χ1n) is 11.7. The van der Waals surface area contributed by atoms with Crippen molar-refractivity contribution in [3.63, 3.8) is 0 Å². The second-order valence-corrected chi connectivity index (χ2v) is 10.7. The van der Waals surface area contributed by atoms with E-state index in [1.807, 2.05) is 59.2 Å². The van der Waals surface area contributed by atoms with Crippen molar-refractivity contribution >= 4 is 39.0 Å². The molecule has 0 fully saturated rings. The zero-order chi connectivity index (χ0) is 24.8. The van der Waals surface area contributed by atoms with Crippen LogP contribution >= 0.6 is 27.3 Å². The summed E-state index contributed by atoms with van der Waals surface area (Å²) >= 11 is 4.90. The zero-order valence-electron chi connectivity index (χ0n) is 19.8. The Labute approximate surface area is 220 Å². The van der Waals surface area contributed by atoms with Gasteiger partial charge in [-0.1, -0.05) is 75.8 Å². The molecule has 2 aliphatic rings. The lowest BCUT2D eigenvalue weighted by atomic mass is 9.83. The van der Waals surface area contributed by atoms with Gasteiger partial charge in [0.25, 0.3) is 5.56 Å². The lowest BCUT2D eigenvalue weighted by molar-refractivity contribution is 0.348. The fourth-order valence-corrected chi connectivity index (χ4v) is 6.40. The molecule has 1 aliphatic heterocycles. The highest BCUT2D eigenvalue weighted by Crippen LogP contribution is 2.45. The first kappa shape index (κ1) is 23.0. The highest BCUT2D eigenvalue weighted by atomic mass is 79.9. The van der Waals surface area contributed by atoms with Gasteiger partial charge in [-0.25, -0.2) is 4.99 Å². The van der Waals surface area contributed by atoms with Crippen molar-refractivity contribution in [2.24, 2.45) is 4.99 Å². The minimum absolute atomic E-state index is 0.0537. The molecule has 36 heavy (non-hydrogen) atoms. The van der Waals surface area contributed by atoms with Crippen LogP contribution in [0.3, 0.4) is 0 Å². The van der Waals surface area contributed by atoms with Gasteiger partial charge in [0.1, 0.15) is 0 Å². The molecular formula is C29H23BrN2O3S. The van der Waals surface area contributed by atoms with E-state index in [1.54, 1.807) is 14.2 Å². The molecule has 1 aromatic heterocycles. The van der Waals surface area contributed by atoms with Gasteiger partial charge in [-0.2, -0.15) is 0 Å². The number of nitrogens with zero attached hydrogens (tertiary/aromatic N) is 2. The van der Waals surface area contributed by atoms with E-state index in [9.17, 15) is 4.79 Å². The maximum Gasteiger partial charge on any atom is 0.271 e. The van der Waals surface area contributed by atoms with E-state index in [2.05, 4.69) is 34.1 Å². The number of aryl methyl sites for hydroxylation is 1. The fraction of sp³-hybridized carbons (Fsp3) is 0.172. The molecule has 0 radical (unpaired) electrons. The quantitative estimate of drug-likeness (QED) is 0.350. The van der Waals surface area contributed by atoms with Crippen LogP contribution in [0.4, 0.5) is 0 Å². The molecule has 1 atom stereocenters. The maximum absolute atomic E-state index is 13.9. The number of hydrogen-bond acceptors (Lipinski definition) is 5. The average Bonchev–Trinajstić information content (AvgIpc) is 3.22. The molecule has 6 rings (SSSR count). The van der Waals surface area contributed by atoms with Crippen molar-refractivity contribution < 1.29 is 9.47 Å². The molecule has 4 aromatic rings. The van der Waals surface area contributed by atoms with E-state index in [1.165, 1.54) is 16.9 Å². The number of ether oxygens (including phenoxy) is 2. The van der Waals surface area contributed by atoms with E-state index in [0.29, 0.717) is 20.8 Å². The largest absolute Gasteiger partial charge is 0.493 e. The molecule has 0 saturated carbocycles. The molecule has 2 heterocycles. The Morgan fingerprint density at radius 3 is 2.58 bits per heavy atom. The summed E-state index contributed by atoms with van der Waals surface area (Å²) in [5.74, 6) is 1.28. The summed E-state index contributed by atoms with van der Waals surface area (Å²) in [5.41, 5.74) is 6.32. The van der Waals surface area contributed by atoms with Gasteiger partial charge in [0.2, 0.25) is 0 Å². The van der Waals surface area contributed by atoms with E-state index >= 15 is 0 Å². The van der Waals surface area contributed by atoms with E-state index < -0.39 is 0 Å². The van der Waals surface area contributed by atoms with Crippen molar-refractivity contribution in [2.45, 2.75) is 18.9 Å². The van der Waals surface area contributed by atoms with Gasteiger partial charge >= 0.3 is 0 Å². The highest BCUT2D eigenvalue weighted by Gasteiger charge is 2.34. The molecule has 1 aliphatic carbocycles. The Kier molecular flexibility index (Phi) is 5.90. The van der Waals surface area contributed by atoms with Crippen molar-refractivity contribution in [3.05, 3.63) is 119 Å². The Morgan fingerprint density at radius 1 is 1.00 bits per heavy atom. The molecule has 1 unspecified atom stereocenters. The number of hydrogen-bond donors (Lipinski definition) is 0. The highest BCUT2D eigenvalue weighted by molar-refractivity contribution is 9.10. The topological polar surface area (TPSA) is 52.8 Å². The van der Waals surface area contributed by atoms with Gasteiger partial charge in [0, 0.05) is 15.6 Å². The number of fused-ring (bicyclic) bond motifs is 3. The summed E-state index contributed by atoms with van der Waals surface area (Å²) in [6, 6.07) is 21.9. The lowest BCUT2D eigenvalue weighted by Gasteiger charge is -2.31. The van der Waals surface area contributed by atoms with Gasteiger partial charge in [-0.05, 0) is 53.8 Å². The molecule has 0 N–H and O–H groups in total. The van der Waals surface area contributed by atoms with Crippen molar-refractivity contribution in [2.75, 3.05) is 14.2 Å². The summed E-state index contributed by atoms with van der Waals surface area (Å²) in [6.45, 7) is 0. The van der Waals surface area contributed by atoms with Crippen LogP contribution in [0.1, 0.15) is 34.7 Å². The Hall–Kier alpha value is -3.42. The van der Waals surface area contributed by atoms with E-state index in [4.69, 9.17) is 14.5 Å². The van der Waals surface area contributed by atoms with Crippen LogP contribution < -0.4 is 24.4 Å². The standard InChI is InChI=1S/C29H23BrN2O3S/c1-34-23-9-5-8-22(27(23)35-2)26-21-15-12-18-6-3-4-7-20(18)25(21)31-29-32(26)28(33)24(36-29)16-17-10-13-19(30)14-11-17/h3-11,13-14,16,26H,12,15H2,1-2H3. The first-order valence-corrected chi connectivity index (χ1v) is 13.3. The Balaban J connectivity index is 1.65. The van der Waals surface area contributed by atoms with E-state index in [0.717, 1.165) is 45.3 Å². The number of rotatable bonds is 4. The summed E-state index contributed by atoms with van der Waals surface area (Å²) in [7, 11) is 3.27. The number of benzene rings is 3. The van der Waals surface area contributed by atoms with Gasteiger partial charge in [-0.3, -0.25) is 9.36 Å².